The summed E-state index contributed by atoms with van der Waals surface area (Å²) in [5.41, 5.74) is -1.14. The minimum atomic E-state index is -1.90. The fourth-order valence-electron chi connectivity index (χ4n) is 1.45. The molecule has 0 aliphatic rings. The molecular formula is C13H5F4NO4. The molecule has 0 atom stereocenters. The lowest BCUT2D eigenvalue weighted by molar-refractivity contribution is 0.0689. The predicted octanol–water partition coefficient (Wildman–Crippen LogP) is 2.56. The average molecular weight is 315 g/mol. The number of carboxylic acid groups (broad SMARTS) is 1. The van der Waals surface area contributed by atoms with Crippen LogP contribution in [-0.4, -0.2) is 22.0 Å². The van der Waals surface area contributed by atoms with Crippen molar-refractivity contribution in [1.82, 2.24) is 4.98 Å². The molecule has 0 aliphatic carbocycles. The maximum atomic E-state index is 13.4. The second kappa shape index (κ2) is 5.80. The quantitative estimate of drug-likeness (QED) is 0.408. The number of rotatable bonds is 3. The largest absolute Gasteiger partial charge is 0.477 e. The van der Waals surface area contributed by atoms with Crippen LogP contribution in [0.25, 0.3) is 0 Å². The summed E-state index contributed by atoms with van der Waals surface area (Å²) in [6, 6.07) is 3.14. The maximum absolute atomic E-state index is 13.4. The molecule has 2 rings (SSSR count). The Hall–Kier alpha value is -2.97. The highest BCUT2D eigenvalue weighted by atomic mass is 19.2. The number of aromatic carboxylic acids is 1. The molecule has 1 N–H and O–H groups in total. The van der Waals surface area contributed by atoms with Gasteiger partial charge in [0.25, 0.3) is 0 Å². The summed E-state index contributed by atoms with van der Waals surface area (Å²) < 4.78 is 56.9. The molecule has 0 fully saturated rings. The van der Waals surface area contributed by atoms with Crippen molar-refractivity contribution in [3.8, 4) is 5.75 Å². The third-order valence-electron chi connectivity index (χ3n) is 2.44. The lowest BCUT2D eigenvalue weighted by atomic mass is 10.2. The zero-order chi connectivity index (χ0) is 16.4. The first-order valence-corrected chi connectivity index (χ1v) is 5.56. The number of benzene rings is 1. The van der Waals surface area contributed by atoms with E-state index in [1.807, 2.05) is 0 Å². The Morgan fingerprint density at radius 1 is 1.00 bits per heavy atom. The number of hydrogen-bond acceptors (Lipinski definition) is 4. The Bertz CT molecular complexity index is 753. The molecule has 1 aromatic carbocycles. The summed E-state index contributed by atoms with van der Waals surface area (Å²) in [7, 11) is 0. The van der Waals surface area contributed by atoms with E-state index in [0.29, 0.717) is 0 Å². The second-order valence-corrected chi connectivity index (χ2v) is 3.90. The predicted molar refractivity (Wildman–Crippen MR) is 62.4 cm³/mol. The molecule has 114 valence electrons. The van der Waals surface area contributed by atoms with Crippen molar-refractivity contribution < 1.29 is 37.0 Å². The fourth-order valence-corrected chi connectivity index (χ4v) is 1.45. The van der Waals surface area contributed by atoms with Crippen molar-refractivity contribution in [2.45, 2.75) is 0 Å². The van der Waals surface area contributed by atoms with E-state index < -0.39 is 52.3 Å². The van der Waals surface area contributed by atoms with Gasteiger partial charge in [-0.25, -0.2) is 23.4 Å². The Labute approximate surface area is 119 Å². The number of carbonyl (C=O) groups excluding carboxylic acids is 1. The van der Waals surface area contributed by atoms with Crippen LogP contribution in [0.4, 0.5) is 17.6 Å². The first-order chi connectivity index (χ1) is 10.3. The summed E-state index contributed by atoms with van der Waals surface area (Å²) in [4.78, 5) is 25.7. The summed E-state index contributed by atoms with van der Waals surface area (Å²) >= 11 is 0. The van der Waals surface area contributed by atoms with Crippen LogP contribution < -0.4 is 4.74 Å². The maximum Gasteiger partial charge on any atom is 0.362 e. The van der Waals surface area contributed by atoms with Crippen LogP contribution in [0.2, 0.25) is 0 Å². The molecule has 9 heteroatoms. The fraction of sp³-hybridized carbons (Fsp3) is 0. The molecule has 22 heavy (non-hydrogen) atoms. The van der Waals surface area contributed by atoms with Crippen molar-refractivity contribution in [3.63, 3.8) is 0 Å². The number of carboxylic acids is 1. The van der Waals surface area contributed by atoms with Crippen LogP contribution in [0.1, 0.15) is 21.0 Å². The molecule has 0 radical (unpaired) electrons. The molecule has 5 nitrogen and oxygen atoms in total. The van der Waals surface area contributed by atoms with E-state index in [1.165, 1.54) is 0 Å². The molecule has 0 unspecified atom stereocenters. The van der Waals surface area contributed by atoms with Gasteiger partial charge in [-0.05, 0) is 12.1 Å². The van der Waals surface area contributed by atoms with E-state index in [2.05, 4.69) is 9.72 Å². The standard InChI is InChI=1S/C13H5F4NO4/c14-5-4-6(15)10(17)11(9(5)16)22-13(21)8-3-1-2-7(18-8)12(19)20/h1-4H,(H,19,20). The van der Waals surface area contributed by atoms with Crippen LogP contribution in [0.15, 0.2) is 24.3 Å². The van der Waals surface area contributed by atoms with Gasteiger partial charge in [0.1, 0.15) is 11.4 Å². The third kappa shape index (κ3) is 2.87. The van der Waals surface area contributed by atoms with Gasteiger partial charge in [0, 0.05) is 6.07 Å². The number of carbonyl (C=O) groups is 2. The van der Waals surface area contributed by atoms with Gasteiger partial charge in [-0.2, -0.15) is 8.78 Å². The molecule has 1 heterocycles. The van der Waals surface area contributed by atoms with Crippen LogP contribution in [0.5, 0.6) is 5.75 Å². The van der Waals surface area contributed by atoms with E-state index in [1.54, 1.807) is 0 Å². The number of pyridine rings is 1. The highest BCUT2D eigenvalue weighted by molar-refractivity contribution is 5.91. The van der Waals surface area contributed by atoms with Gasteiger partial charge in [-0.3, -0.25) is 0 Å². The normalized spacial score (nSPS) is 10.4. The monoisotopic (exact) mass is 315 g/mol. The van der Waals surface area contributed by atoms with E-state index in [4.69, 9.17) is 5.11 Å². The van der Waals surface area contributed by atoms with Gasteiger partial charge in [0.05, 0.1) is 0 Å². The van der Waals surface area contributed by atoms with E-state index >= 15 is 0 Å². The van der Waals surface area contributed by atoms with Gasteiger partial charge < -0.3 is 9.84 Å². The molecule has 1 aromatic heterocycles. The summed E-state index contributed by atoms with van der Waals surface area (Å²) in [6.45, 7) is 0. The average Bonchev–Trinajstić information content (AvgIpc) is 2.49. The number of nitrogens with zero attached hydrogens (tertiary/aromatic N) is 1. The van der Waals surface area contributed by atoms with Gasteiger partial charge in [0.2, 0.25) is 17.4 Å². The van der Waals surface area contributed by atoms with E-state index in [0.717, 1.165) is 18.2 Å². The smallest absolute Gasteiger partial charge is 0.362 e. The number of aromatic nitrogens is 1. The topological polar surface area (TPSA) is 76.5 Å². The van der Waals surface area contributed by atoms with Crippen LogP contribution in [-0.2, 0) is 0 Å². The Morgan fingerprint density at radius 3 is 2.09 bits per heavy atom. The first kappa shape index (κ1) is 15.4. The second-order valence-electron chi connectivity index (χ2n) is 3.90. The molecular weight excluding hydrogens is 310 g/mol. The summed E-state index contributed by atoms with van der Waals surface area (Å²) in [6.07, 6.45) is 0. The Balaban J connectivity index is 2.38. The lowest BCUT2D eigenvalue weighted by Gasteiger charge is -2.07. The van der Waals surface area contributed by atoms with E-state index in [9.17, 15) is 27.2 Å². The Morgan fingerprint density at radius 2 is 1.55 bits per heavy atom. The number of ether oxygens (including phenoxy) is 1. The molecule has 0 amide bonds. The molecule has 0 aliphatic heterocycles. The van der Waals surface area contributed by atoms with Crippen molar-refractivity contribution >= 4 is 11.9 Å². The van der Waals surface area contributed by atoms with Crippen molar-refractivity contribution in [3.05, 3.63) is 58.9 Å². The minimum Gasteiger partial charge on any atom is -0.477 e. The summed E-state index contributed by atoms with van der Waals surface area (Å²) in [5.74, 6) is -11.8. The third-order valence-corrected chi connectivity index (χ3v) is 2.44. The van der Waals surface area contributed by atoms with Crippen LogP contribution in [0, 0.1) is 23.3 Å². The molecule has 0 spiro atoms. The molecule has 0 saturated carbocycles. The summed E-state index contributed by atoms with van der Waals surface area (Å²) in [5, 5.41) is 8.71. The zero-order valence-electron chi connectivity index (χ0n) is 10.4. The first-order valence-electron chi connectivity index (χ1n) is 5.56. The minimum absolute atomic E-state index is 0.0503. The van der Waals surface area contributed by atoms with Crippen molar-refractivity contribution in [2.24, 2.45) is 0 Å². The SMILES string of the molecule is O=C(O)c1cccc(C(=O)Oc2c(F)c(F)cc(F)c2F)n1. The van der Waals surface area contributed by atoms with Gasteiger partial charge in [-0.1, -0.05) is 6.07 Å². The molecule has 2 aromatic rings. The lowest BCUT2D eigenvalue weighted by Crippen LogP contribution is -2.15. The van der Waals surface area contributed by atoms with Crippen LogP contribution in [0.3, 0.4) is 0 Å². The van der Waals surface area contributed by atoms with Crippen LogP contribution >= 0.6 is 0 Å². The highest BCUT2D eigenvalue weighted by Crippen LogP contribution is 2.27. The van der Waals surface area contributed by atoms with E-state index in [-0.39, 0.29) is 6.07 Å². The highest BCUT2D eigenvalue weighted by Gasteiger charge is 2.24. The molecule has 0 saturated heterocycles. The van der Waals surface area contributed by atoms with Crippen molar-refractivity contribution in [2.75, 3.05) is 0 Å². The number of halogens is 4. The van der Waals surface area contributed by atoms with Gasteiger partial charge in [-0.15, -0.1) is 0 Å². The number of hydrogen-bond donors (Lipinski definition) is 1. The number of esters is 1. The zero-order valence-corrected chi connectivity index (χ0v) is 10.4. The van der Waals surface area contributed by atoms with Gasteiger partial charge in [0.15, 0.2) is 11.6 Å². The molecule has 0 bridgehead atoms. The van der Waals surface area contributed by atoms with Crippen molar-refractivity contribution in [1.29, 1.82) is 0 Å². The Kier molecular flexibility index (Phi) is 4.06. The van der Waals surface area contributed by atoms with Gasteiger partial charge >= 0.3 is 11.9 Å².